The van der Waals surface area contributed by atoms with Gasteiger partial charge in [0, 0.05) is 38.3 Å². The van der Waals surface area contributed by atoms with Crippen LogP contribution in [0.15, 0.2) is 84.9 Å². The van der Waals surface area contributed by atoms with Crippen LogP contribution in [0.1, 0.15) is 5.56 Å². The minimum Gasteiger partial charge on any atom is -0.354 e. The number of rotatable bonds is 1. The topological polar surface area (TPSA) is 20.7 Å². The zero-order chi connectivity index (χ0) is 18.0. The average Bonchev–Trinajstić information content (AvgIpc) is 3.21. The number of benzene rings is 4. The Hall–Kier alpha value is -3.52. The number of nitrogens with zero attached hydrogens (tertiary/aromatic N) is 1. The molecule has 0 radical (unpaired) electrons. The normalized spacial score (nSPS) is 11.9. The fourth-order valence-corrected chi connectivity index (χ4v) is 4.34. The van der Waals surface area contributed by atoms with Crippen LogP contribution in [0.2, 0.25) is 0 Å². The van der Waals surface area contributed by atoms with E-state index in [1.807, 2.05) is 0 Å². The van der Waals surface area contributed by atoms with Crippen molar-refractivity contribution >= 4 is 43.6 Å². The highest BCUT2D eigenvalue weighted by Crippen LogP contribution is 2.36. The molecule has 0 unspecified atom stereocenters. The molecule has 0 atom stereocenters. The molecule has 2 heterocycles. The van der Waals surface area contributed by atoms with Crippen LogP contribution < -0.4 is 0 Å². The molecule has 2 aromatic heterocycles. The Morgan fingerprint density at radius 3 is 2.26 bits per heavy atom. The van der Waals surface area contributed by atoms with Gasteiger partial charge in [0.1, 0.15) is 0 Å². The summed E-state index contributed by atoms with van der Waals surface area (Å²) in [5, 5.41) is 5.12. The third-order valence-electron chi connectivity index (χ3n) is 5.56. The first-order valence-corrected chi connectivity index (χ1v) is 9.30. The second-order valence-electron chi connectivity index (χ2n) is 7.28. The second kappa shape index (κ2) is 5.24. The van der Waals surface area contributed by atoms with E-state index in [4.69, 9.17) is 0 Å². The fraction of sp³-hybridized carbons (Fsp3) is 0.0400. The SMILES string of the molecule is Cc1ccc2c(c1)[nH]c1cc3c4ccccc4n(-c4ccccc4)c3cc12. The highest BCUT2D eigenvalue weighted by atomic mass is 15.0. The van der Waals surface area contributed by atoms with E-state index in [-0.39, 0.29) is 0 Å². The van der Waals surface area contributed by atoms with Crippen molar-refractivity contribution in [3.63, 3.8) is 0 Å². The largest absolute Gasteiger partial charge is 0.354 e. The van der Waals surface area contributed by atoms with E-state index in [1.165, 1.54) is 54.9 Å². The van der Waals surface area contributed by atoms with Crippen molar-refractivity contribution in [1.29, 1.82) is 0 Å². The number of aryl methyl sites for hydroxylation is 1. The predicted molar refractivity (Wildman–Crippen MR) is 115 cm³/mol. The van der Waals surface area contributed by atoms with E-state index >= 15 is 0 Å². The molecule has 2 heteroatoms. The van der Waals surface area contributed by atoms with Crippen LogP contribution in [-0.4, -0.2) is 9.55 Å². The molecule has 0 bridgehead atoms. The maximum absolute atomic E-state index is 3.62. The Kier molecular flexibility index (Phi) is 2.84. The lowest BCUT2D eigenvalue weighted by Crippen LogP contribution is -1.92. The van der Waals surface area contributed by atoms with E-state index in [1.54, 1.807) is 0 Å². The monoisotopic (exact) mass is 346 g/mol. The smallest absolute Gasteiger partial charge is 0.0548 e. The van der Waals surface area contributed by atoms with Crippen LogP contribution in [0.3, 0.4) is 0 Å². The molecule has 0 aliphatic rings. The summed E-state index contributed by atoms with van der Waals surface area (Å²) in [5.41, 5.74) is 7.35. The van der Waals surface area contributed by atoms with Crippen LogP contribution in [-0.2, 0) is 0 Å². The molecule has 6 aromatic rings. The highest BCUT2D eigenvalue weighted by Gasteiger charge is 2.14. The summed E-state index contributed by atoms with van der Waals surface area (Å²) in [6.45, 7) is 2.14. The summed E-state index contributed by atoms with van der Waals surface area (Å²) < 4.78 is 2.37. The summed E-state index contributed by atoms with van der Waals surface area (Å²) >= 11 is 0. The maximum atomic E-state index is 3.62. The summed E-state index contributed by atoms with van der Waals surface area (Å²) in [4.78, 5) is 3.62. The standard InChI is InChI=1S/C25H18N2/c1-16-11-12-18-20-15-25-21(14-23(20)26-22(18)13-16)19-9-5-6-10-24(19)27(25)17-7-3-2-4-8-17/h2-15,26H,1H3. The first-order chi connectivity index (χ1) is 13.3. The van der Waals surface area contributed by atoms with E-state index in [2.05, 4.69) is 101 Å². The van der Waals surface area contributed by atoms with Gasteiger partial charge in [0.15, 0.2) is 0 Å². The zero-order valence-electron chi connectivity index (χ0n) is 15.0. The number of hydrogen-bond acceptors (Lipinski definition) is 0. The van der Waals surface area contributed by atoms with Gasteiger partial charge in [-0.25, -0.2) is 0 Å². The van der Waals surface area contributed by atoms with Gasteiger partial charge in [-0.05, 0) is 48.9 Å². The fourth-order valence-electron chi connectivity index (χ4n) is 4.34. The Labute approximate surface area is 156 Å². The van der Waals surface area contributed by atoms with Crippen molar-refractivity contribution in [2.24, 2.45) is 0 Å². The van der Waals surface area contributed by atoms with Gasteiger partial charge < -0.3 is 9.55 Å². The van der Waals surface area contributed by atoms with Crippen LogP contribution in [0.5, 0.6) is 0 Å². The first kappa shape index (κ1) is 14.6. The lowest BCUT2D eigenvalue weighted by Gasteiger charge is -2.07. The second-order valence-corrected chi connectivity index (χ2v) is 7.28. The predicted octanol–water partition coefficient (Wildman–Crippen LogP) is 6.73. The lowest BCUT2D eigenvalue weighted by molar-refractivity contribution is 1.18. The number of H-pyrrole nitrogens is 1. The molecular formula is C25H18N2. The molecule has 0 fully saturated rings. The third kappa shape index (κ3) is 2.01. The lowest BCUT2D eigenvalue weighted by atomic mass is 10.1. The van der Waals surface area contributed by atoms with Gasteiger partial charge in [-0.15, -0.1) is 0 Å². The number of hydrogen-bond donors (Lipinski definition) is 1. The van der Waals surface area contributed by atoms with E-state index in [0.717, 1.165) is 0 Å². The van der Waals surface area contributed by atoms with Crippen molar-refractivity contribution < 1.29 is 0 Å². The molecule has 0 saturated carbocycles. The molecular weight excluding hydrogens is 328 g/mol. The Balaban J connectivity index is 1.83. The minimum atomic E-state index is 1.19. The van der Waals surface area contributed by atoms with Gasteiger partial charge >= 0.3 is 0 Å². The molecule has 1 N–H and O–H groups in total. The molecule has 0 aliphatic heterocycles. The summed E-state index contributed by atoms with van der Waals surface area (Å²) in [6.07, 6.45) is 0. The molecule has 0 amide bonds. The van der Waals surface area contributed by atoms with E-state index in [9.17, 15) is 0 Å². The molecule has 6 rings (SSSR count). The van der Waals surface area contributed by atoms with Crippen molar-refractivity contribution in [2.75, 3.05) is 0 Å². The molecule has 0 saturated heterocycles. The highest BCUT2D eigenvalue weighted by molar-refractivity contribution is 6.18. The molecule has 27 heavy (non-hydrogen) atoms. The minimum absolute atomic E-state index is 1.19. The number of aromatic nitrogens is 2. The quantitative estimate of drug-likeness (QED) is 0.341. The third-order valence-corrected chi connectivity index (χ3v) is 5.56. The van der Waals surface area contributed by atoms with Gasteiger partial charge in [-0.3, -0.25) is 0 Å². The van der Waals surface area contributed by atoms with Crippen LogP contribution in [0, 0.1) is 6.92 Å². The summed E-state index contributed by atoms with van der Waals surface area (Å²) in [5.74, 6) is 0. The van der Waals surface area contributed by atoms with Crippen LogP contribution in [0.4, 0.5) is 0 Å². The maximum Gasteiger partial charge on any atom is 0.0548 e. The Morgan fingerprint density at radius 2 is 1.37 bits per heavy atom. The van der Waals surface area contributed by atoms with Crippen molar-refractivity contribution in [2.45, 2.75) is 6.92 Å². The summed E-state index contributed by atoms with van der Waals surface area (Å²) in [7, 11) is 0. The molecule has 128 valence electrons. The Bertz CT molecular complexity index is 1470. The number of para-hydroxylation sites is 2. The molecule has 2 nitrogen and oxygen atoms in total. The van der Waals surface area contributed by atoms with Crippen molar-refractivity contribution in [3.8, 4) is 5.69 Å². The number of aromatic amines is 1. The van der Waals surface area contributed by atoms with Crippen molar-refractivity contribution in [3.05, 3.63) is 90.5 Å². The van der Waals surface area contributed by atoms with Gasteiger partial charge in [-0.1, -0.05) is 48.5 Å². The summed E-state index contributed by atoms with van der Waals surface area (Å²) in [6, 6.07) is 30.6. The van der Waals surface area contributed by atoms with E-state index in [0.29, 0.717) is 0 Å². The number of fused-ring (bicyclic) bond motifs is 6. The molecule has 0 spiro atoms. The van der Waals surface area contributed by atoms with Gasteiger partial charge in [0.25, 0.3) is 0 Å². The molecule has 4 aromatic carbocycles. The first-order valence-electron chi connectivity index (χ1n) is 9.30. The average molecular weight is 346 g/mol. The van der Waals surface area contributed by atoms with Crippen molar-refractivity contribution in [1.82, 2.24) is 9.55 Å². The molecule has 0 aliphatic carbocycles. The van der Waals surface area contributed by atoms with Gasteiger partial charge in [-0.2, -0.15) is 0 Å². The zero-order valence-corrected chi connectivity index (χ0v) is 15.0. The van der Waals surface area contributed by atoms with Gasteiger partial charge in [0.2, 0.25) is 0 Å². The van der Waals surface area contributed by atoms with Crippen LogP contribution >= 0.6 is 0 Å². The van der Waals surface area contributed by atoms with Gasteiger partial charge in [0.05, 0.1) is 11.0 Å². The number of nitrogens with one attached hydrogen (secondary N) is 1. The van der Waals surface area contributed by atoms with Crippen LogP contribution in [0.25, 0.3) is 49.3 Å². The van der Waals surface area contributed by atoms with E-state index < -0.39 is 0 Å². The Morgan fingerprint density at radius 1 is 0.593 bits per heavy atom.